The van der Waals surface area contributed by atoms with Gasteiger partial charge >= 0.3 is 0 Å². The number of anilines is 1. The highest BCUT2D eigenvalue weighted by Gasteiger charge is 2.40. The molecule has 1 aliphatic heterocycles. The average molecular weight is 555 g/mol. The molecule has 2 fully saturated rings. The van der Waals surface area contributed by atoms with Crippen molar-refractivity contribution in [1.82, 2.24) is 4.90 Å². The predicted molar refractivity (Wildman–Crippen MR) is 164 cm³/mol. The first-order valence-corrected chi connectivity index (χ1v) is 15.2. The molecule has 1 aliphatic carbocycles. The number of rotatable bonds is 6. The molecule has 2 aliphatic rings. The summed E-state index contributed by atoms with van der Waals surface area (Å²) < 4.78 is 15.0. The molecule has 1 saturated heterocycles. The second kappa shape index (κ2) is 12.2. The van der Waals surface area contributed by atoms with Gasteiger partial charge in [0, 0.05) is 12.2 Å². The fourth-order valence-electron chi connectivity index (χ4n) is 6.65. The van der Waals surface area contributed by atoms with Gasteiger partial charge in [0.2, 0.25) is 5.91 Å². The van der Waals surface area contributed by atoms with Gasteiger partial charge in [-0.2, -0.15) is 0 Å². The lowest BCUT2D eigenvalue weighted by molar-refractivity contribution is -0.123. The van der Waals surface area contributed by atoms with Crippen molar-refractivity contribution in [3.8, 4) is 0 Å². The average Bonchev–Trinajstić information content (AvgIpc) is 3.46. The zero-order valence-electron chi connectivity index (χ0n) is 24.9. The predicted octanol–water partition coefficient (Wildman–Crippen LogP) is 8.40. The summed E-state index contributed by atoms with van der Waals surface area (Å²) in [6, 6.07) is 20.7. The van der Waals surface area contributed by atoms with Gasteiger partial charge in [-0.05, 0) is 78.0 Å². The Kier molecular flexibility index (Phi) is 8.63. The molecule has 5 rings (SSSR count). The van der Waals surface area contributed by atoms with Gasteiger partial charge in [-0.15, -0.1) is 0 Å². The molecule has 41 heavy (non-hydrogen) atoms. The van der Waals surface area contributed by atoms with Crippen molar-refractivity contribution >= 4 is 17.5 Å². The van der Waals surface area contributed by atoms with Crippen LogP contribution in [0.2, 0.25) is 0 Å². The van der Waals surface area contributed by atoms with E-state index in [1.807, 2.05) is 18.2 Å². The summed E-state index contributed by atoms with van der Waals surface area (Å²) in [7, 11) is 0. The summed E-state index contributed by atoms with van der Waals surface area (Å²) in [6.07, 6.45) is 7.59. The van der Waals surface area contributed by atoms with Gasteiger partial charge < -0.3 is 10.2 Å². The SMILES string of the molecule is Cc1cccc(F)c1C(=O)N1CCCC(C(=O)Nc2cccc(C(C)(C)C)c2)C1c1ccc(CC2CCCC2)cc1. The maximum Gasteiger partial charge on any atom is 0.257 e. The third kappa shape index (κ3) is 6.55. The van der Waals surface area contributed by atoms with E-state index >= 15 is 0 Å². The molecule has 0 spiro atoms. The molecule has 3 aromatic carbocycles. The minimum atomic E-state index is -0.522. The molecule has 3 aromatic rings. The van der Waals surface area contributed by atoms with Gasteiger partial charge in [0.1, 0.15) is 5.82 Å². The van der Waals surface area contributed by atoms with E-state index < -0.39 is 17.8 Å². The highest BCUT2D eigenvalue weighted by atomic mass is 19.1. The summed E-state index contributed by atoms with van der Waals surface area (Å²) in [5.41, 5.74) is 4.75. The molecule has 2 atom stereocenters. The van der Waals surface area contributed by atoms with Crippen LogP contribution in [-0.4, -0.2) is 23.3 Å². The lowest BCUT2D eigenvalue weighted by Gasteiger charge is -2.41. The van der Waals surface area contributed by atoms with Crippen molar-refractivity contribution in [1.29, 1.82) is 0 Å². The van der Waals surface area contributed by atoms with Crippen LogP contribution in [0.4, 0.5) is 10.1 Å². The van der Waals surface area contributed by atoms with Crippen molar-refractivity contribution in [2.75, 3.05) is 11.9 Å². The number of carbonyl (C=O) groups excluding carboxylic acids is 2. The monoisotopic (exact) mass is 554 g/mol. The van der Waals surface area contributed by atoms with E-state index in [0.717, 1.165) is 29.2 Å². The maximum absolute atomic E-state index is 15.0. The number of piperidine rings is 1. The molecule has 5 heteroatoms. The molecule has 0 radical (unpaired) electrons. The summed E-state index contributed by atoms with van der Waals surface area (Å²) in [6.45, 7) is 8.69. The van der Waals surface area contributed by atoms with Crippen LogP contribution in [0.25, 0.3) is 0 Å². The van der Waals surface area contributed by atoms with Crippen molar-refractivity contribution in [3.05, 3.63) is 100 Å². The zero-order valence-corrected chi connectivity index (χ0v) is 24.9. The van der Waals surface area contributed by atoms with Gasteiger partial charge in [0.25, 0.3) is 5.91 Å². The molecule has 1 heterocycles. The molecule has 4 nitrogen and oxygen atoms in total. The van der Waals surface area contributed by atoms with Crippen LogP contribution in [0, 0.1) is 24.6 Å². The maximum atomic E-state index is 15.0. The molecule has 2 amide bonds. The molecule has 0 aromatic heterocycles. The quantitative estimate of drug-likeness (QED) is 0.333. The summed E-state index contributed by atoms with van der Waals surface area (Å²) in [4.78, 5) is 29.6. The topological polar surface area (TPSA) is 49.4 Å². The highest BCUT2D eigenvalue weighted by Crippen LogP contribution is 2.39. The number of carbonyl (C=O) groups is 2. The Morgan fingerprint density at radius 1 is 0.927 bits per heavy atom. The Hall–Kier alpha value is -3.47. The second-order valence-corrected chi connectivity index (χ2v) is 13.0. The number of nitrogens with zero attached hydrogens (tertiary/aromatic N) is 1. The van der Waals surface area contributed by atoms with Gasteiger partial charge in [-0.1, -0.05) is 95.0 Å². The number of hydrogen-bond donors (Lipinski definition) is 1. The van der Waals surface area contributed by atoms with E-state index in [-0.39, 0.29) is 22.8 Å². The Balaban J connectivity index is 1.47. The Labute approximate surface area is 244 Å². The number of nitrogens with one attached hydrogen (secondary N) is 1. The van der Waals surface area contributed by atoms with E-state index in [9.17, 15) is 14.0 Å². The molecule has 2 unspecified atom stereocenters. The van der Waals surface area contributed by atoms with Crippen LogP contribution in [0.3, 0.4) is 0 Å². The van der Waals surface area contributed by atoms with Crippen LogP contribution < -0.4 is 5.32 Å². The molecule has 216 valence electrons. The summed E-state index contributed by atoms with van der Waals surface area (Å²) in [5, 5.41) is 3.15. The fraction of sp³-hybridized carbons (Fsp3) is 0.444. The summed E-state index contributed by atoms with van der Waals surface area (Å²) in [5.74, 6) is -0.711. The molecule has 1 saturated carbocycles. The first kappa shape index (κ1) is 29.0. The van der Waals surface area contributed by atoms with E-state index in [1.54, 1.807) is 24.0 Å². The van der Waals surface area contributed by atoms with Crippen LogP contribution in [0.1, 0.15) is 97.9 Å². The van der Waals surface area contributed by atoms with E-state index in [4.69, 9.17) is 0 Å². The lowest BCUT2D eigenvalue weighted by Crippen LogP contribution is -2.46. The Bertz CT molecular complexity index is 1370. The standard InChI is InChI=1S/C36H43FN2O2/c1-24-10-7-16-31(37)32(24)35(41)39-21-9-15-30(34(40)38-29-14-8-13-28(23-29)36(2,3)4)33(39)27-19-17-26(18-20-27)22-25-11-5-6-12-25/h7-8,10,13-14,16-20,23,25,30,33H,5-6,9,11-12,15,21-22H2,1-4H3,(H,38,40). The number of benzene rings is 3. The molecule has 0 bridgehead atoms. The van der Waals surface area contributed by atoms with Gasteiger partial charge in [-0.3, -0.25) is 9.59 Å². The van der Waals surface area contributed by atoms with Gasteiger partial charge in [-0.25, -0.2) is 4.39 Å². The van der Waals surface area contributed by atoms with E-state index in [0.29, 0.717) is 24.9 Å². The smallest absolute Gasteiger partial charge is 0.257 e. The second-order valence-electron chi connectivity index (χ2n) is 13.0. The van der Waals surface area contributed by atoms with Crippen molar-refractivity contribution in [3.63, 3.8) is 0 Å². The van der Waals surface area contributed by atoms with Crippen molar-refractivity contribution in [2.45, 2.75) is 84.1 Å². The van der Waals surface area contributed by atoms with Crippen molar-refractivity contribution < 1.29 is 14.0 Å². The van der Waals surface area contributed by atoms with Gasteiger partial charge in [0.15, 0.2) is 0 Å². The normalized spacial score (nSPS) is 19.8. The van der Waals surface area contributed by atoms with Crippen LogP contribution in [-0.2, 0) is 16.6 Å². The third-order valence-electron chi connectivity index (χ3n) is 8.98. The fourth-order valence-corrected chi connectivity index (χ4v) is 6.65. The third-order valence-corrected chi connectivity index (χ3v) is 8.98. The van der Waals surface area contributed by atoms with Crippen molar-refractivity contribution in [2.24, 2.45) is 11.8 Å². The number of halogens is 1. The largest absolute Gasteiger partial charge is 0.331 e. The number of amides is 2. The zero-order chi connectivity index (χ0) is 29.1. The molecule has 1 N–H and O–H groups in total. The lowest BCUT2D eigenvalue weighted by atomic mass is 9.82. The molecular formula is C36H43FN2O2. The summed E-state index contributed by atoms with van der Waals surface area (Å²) >= 11 is 0. The highest BCUT2D eigenvalue weighted by molar-refractivity contribution is 5.98. The van der Waals surface area contributed by atoms with Crippen LogP contribution >= 0.6 is 0 Å². The van der Waals surface area contributed by atoms with Crippen LogP contribution in [0.15, 0.2) is 66.7 Å². The minimum absolute atomic E-state index is 0.0464. The van der Waals surface area contributed by atoms with Gasteiger partial charge in [0.05, 0.1) is 17.5 Å². The van der Waals surface area contributed by atoms with Crippen LogP contribution in [0.5, 0.6) is 0 Å². The first-order valence-electron chi connectivity index (χ1n) is 15.2. The van der Waals surface area contributed by atoms with E-state index in [2.05, 4.69) is 56.4 Å². The number of likely N-dealkylation sites (tertiary alicyclic amines) is 1. The number of aryl methyl sites for hydroxylation is 1. The first-order chi connectivity index (χ1) is 19.6. The molecular weight excluding hydrogens is 511 g/mol. The number of hydrogen-bond acceptors (Lipinski definition) is 2. The Morgan fingerprint density at radius 2 is 1.63 bits per heavy atom. The Morgan fingerprint density at radius 3 is 2.32 bits per heavy atom. The minimum Gasteiger partial charge on any atom is -0.331 e. The van der Waals surface area contributed by atoms with E-state index in [1.165, 1.54) is 37.3 Å².